The first-order valence-corrected chi connectivity index (χ1v) is 8.06. The van der Waals surface area contributed by atoms with Crippen molar-refractivity contribution in [3.63, 3.8) is 0 Å². The van der Waals surface area contributed by atoms with E-state index in [1.165, 1.54) is 47.9 Å². The van der Waals surface area contributed by atoms with Gasteiger partial charge in [-0.25, -0.2) is 0 Å². The molecule has 2 fully saturated rings. The molecule has 0 atom stereocenters. The summed E-state index contributed by atoms with van der Waals surface area (Å²) in [6.45, 7) is 4.69. The van der Waals surface area contributed by atoms with E-state index >= 15 is 0 Å². The molecule has 1 aromatic carbocycles. The molecule has 98 valence electrons. The number of hydrogen-bond donors (Lipinski definition) is 1. The molecular formula is C15H21IN2. The summed E-state index contributed by atoms with van der Waals surface area (Å²) in [5.74, 6) is 0. The average molecular weight is 356 g/mol. The van der Waals surface area contributed by atoms with Crippen LogP contribution in [0.2, 0.25) is 0 Å². The highest BCUT2D eigenvalue weighted by Gasteiger charge is 2.37. The first-order chi connectivity index (χ1) is 8.76. The minimum absolute atomic E-state index is 0.446. The van der Waals surface area contributed by atoms with Crippen LogP contribution < -0.4 is 5.32 Å². The van der Waals surface area contributed by atoms with E-state index in [0.717, 1.165) is 13.1 Å². The minimum Gasteiger partial charge on any atom is -0.309 e. The molecule has 1 saturated carbocycles. The zero-order valence-electron chi connectivity index (χ0n) is 10.8. The van der Waals surface area contributed by atoms with Gasteiger partial charge in [-0.1, -0.05) is 25.0 Å². The first-order valence-electron chi connectivity index (χ1n) is 6.98. The summed E-state index contributed by atoms with van der Waals surface area (Å²) in [6, 6.07) is 8.96. The van der Waals surface area contributed by atoms with Crippen molar-refractivity contribution in [2.24, 2.45) is 0 Å². The van der Waals surface area contributed by atoms with Gasteiger partial charge in [0.15, 0.2) is 0 Å². The lowest BCUT2D eigenvalue weighted by atomic mass is 9.94. The average Bonchev–Trinajstić information content (AvgIpc) is 2.80. The van der Waals surface area contributed by atoms with Crippen molar-refractivity contribution in [2.75, 3.05) is 19.6 Å². The van der Waals surface area contributed by atoms with Crippen LogP contribution in [-0.4, -0.2) is 30.1 Å². The van der Waals surface area contributed by atoms with E-state index in [9.17, 15) is 0 Å². The van der Waals surface area contributed by atoms with Gasteiger partial charge in [-0.15, -0.1) is 0 Å². The molecule has 2 nitrogen and oxygen atoms in total. The van der Waals surface area contributed by atoms with Crippen molar-refractivity contribution in [3.8, 4) is 0 Å². The molecular weight excluding hydrogens is 335 g/mol. The fraction of sp³-hybridized carbons (Fsp3) is 0.600. The van der Waals surface area contributed by atoms with Crippen LogP contribution in [0.4, 0.5) is 0 Å². The molecule has 0 unspecified atom stereocenters. The van der Waals surface area contributed by atoms with Crippen molar-refractivity contribution in [2.45, 2.75) is 37.8 Å². The van der Waals surface area contributed by atoms with Gasteiger partial charge in [0.1, 0.15) is 0 Å². The molecule has 0 amide bonds. The molecule has 0 radical (unpaired) electrons. The Bertz CT molecular complexity index is 395. The molecule has 18 heavy (non-hydrogen) atoms. The van der Waals surface area contributed by atoms with Crippen LogP contribution in [0.25, 0.3) is 0 Å². The number of piperazine rings is 1. The highest BCUT2D eigenvalue weighted by Crippen LogP contribution is 2.32. The number of nitrogens with one attached hydrogen (secondary N) is 1. The second kappa shape index (κ2) is 5.47. The molecule has 1 aliphatic carbocycles. The Balaban J connectivity index is 1.64. The van der Waals surface area contributed by atoms with Gasteiger partial charge in [0.25, 0.3) is 0 Å². The van der Waals surface area contributed by atoms with Crippen molar-refractivity contribution in [1.82, 2.24) is 10.2 Å². The molecule has 0 aromatic heterocycles. The summed E-state index contributed by atoms with van der Waals surface area (Å²) < 4.78 is 1.32. The SMILES string of the molecule is Ic1ccc(CN2CCNC3(CCCC3)C2)cc1. The fourth-order valence-corrected chi connectivity index (χ4v) is 3.77. The van der Waals surface area contributed by atoms with Gasteiger partial charge in [-0.2, -0.15) is 0 Å². The zero-order valence-corrected chi connectivity index (χ0v) is 12.9. The van der Waals surface area contributed by atoms with E-state index < -0.39 is 0 Å². The van der Waals surface area contributed by atoms with Gasteiger partial charge in [-0.05, 0) is 53.1 Å². The Hall–Kier alpha value is -0.130. The second-order valence-electron chi connectivity index (χ2n) is 5.75. The summed E-state index contributed by atoms with van der Waals surface area (Å²) in [7, 11) is 0. The summed E-state index contributed by atoms with van der Waals surface area (Å²) in [5.41, 5.74) is 1.90. The number of benzene rings is 1. The van der Waals surface area contributed by atoms with E-state index in [4.69, 9.17) is 0 Å². The quantitative estimate of drug-likeness (QED) is 0.820. The molecule has 1 aliphatic heterocycles. The first kappa shape index (κ1) is 12.9. The highest BCUT2D eigenvalue weighted by atomic mass is 127. The predicted octanol–water partition coefficient (Wildman–Crippen LogP) is 3.01. The van der Waals surface area contributed by atoms with E-state index in [0.29, 0.717) is 5.54 Å². The third-order valence-corrected chi connectivity index (χ3v) is 5.05. The summed E-state index contributed by atoms with van der Waals surface area (Å²) in [6.07, 6.45) is 5.56. The van der Waals surface area contributed by atoms with E-state index in [1.807, 2.05) is 0 Å². The molecule has 1 spiro atoms. The van der Waals surface area contributed by atoms with Crippen molar-refractivity contribution in [3.05, 3.63) is 33.4 Å². The van der Waals surface area contributed by atoms with Gasteiger partial charge < -0.3 is 5.32 Å². The van der Waals surface area contributed by atoms with Crippen LogP contribution >= 0.6 is 22.6 Å². The highest BCUT2D eigenvalue weighted by molar-refractivity contribution is 14.1. The topological polar surface area (TPSA) is 15.3 Å². The van der Waals surface area contributed by atoms with Gasteiger partial charge in [-0.3, -0.25) is 4.90 Å². The summed E-state index contributed by atoms with van der Waals surface area (Å²) in [4.78, 5) is 2.63. The Morgan fingerprint density at radius 3 is 2.61 bits per heavy atom. The molecule has 1 saturated heterocycles. The maximum Gasteiger partial charge on any atom is 0.0309 e. The van der Waals surface area contributed by atoms with Gasteiger partial charge in [0.05, 0.1) is 0 Å². The van der Waals surface area contributed by atoms with E-state index in [1.54, 1.807) is 0 Å². The number of rotatable bonds is 2. The molecule has 1 aromatic rings. The van der Waals surface area contributed by atoms with Crippen LogP contribution in [0.3, 0.4) is 0 Å². The summed E-state index contributed by atoms with van der Waals surface area (Å²) >= 11 is 2.37. The fourth-order valence-electron chi connectivity index (χ4n) is 3.41. The van der Waals surface area contributed by atoms with Crippen LogP contribution in [0.15, 0.2) is 24.3 Å². The van der Waals surface area contributed by atoms with Gasteiger partial charge in [0.2, 0.25) is 0 Å². The molecule has 3 rings (SSSR count). The number of nitrogens with zero attached hydrogens (tertiary/aromatic N) is 1. The van der Waals surface area contributed by atoms with Crippen molar-refractivity contribution < 1.29 is 0 Å². The maximum atomic E-state index is 3.78. The van der Waals surface area contributed by atoms with Crippen LogP contribution in [0.1, 0.15) is 31.2 Å². The van der Waals surface area contributed by atoms with Crippen molar-refractivity contribution in [1.29, 1.82) is 0 Å². The lowest BCUT2D eigenvalue weighted by molar-refractivity contribution is 0.129. The molecule has 2 aliphatic rings. The van der Waals surface area contributed by atoms with Crippen LogP contribution in [-0.2, 0) is 6.54 Å². The van der Waals surface area contributed by atoms with Crippen molar-refractivity contribution >= 4 is 22.6 Å². The van der Waals surface area contributed by atoms with Gasteiger partial charge in [0, 0.05) is 35.3 Å². The third-order valence-electron chi connectivity index (χ3n) is 4.33. The largest absolute Gasteiger partial charge is 0.309 e. The Morgan fingerprint density at radius 2 is 1.89 bits per heavy atom. The Labute approximate surface area is 123 Å². The monoisotopic (exact) mass is 356 g/mol. The second-order valence-corrected chi connectivity index (χ2v) is 7.00. The van der Waals surface area contributed by atoms with Crippen LogP contribution in [0.5, 0.6) is 0 Å². The number of halogens is 1. The molecule has 3 heteroatoms. The lowest BCUT2D eigenvalue weighted by Gasteiger charge is -2.41. The zero-order chi connectivity index (χ0) is 12.4. The molecule has 0 bridgehead atoms. The minimum atomic E-state index is 0.446. The third kappa shape index (κ3) is 2.89. The summed E-state index contributed by atoms with van der Waals surface area (Å²) in [5, 5.41) is 3.78. The van der Waals surface area contributed by atoms with E-state index in [-0.39, 0.29) is 0 Å². The van der Waals surface area contributed by atoms with E-state index in [2.05, 4.69) is 57.1 Å². The van der Waals surface area contributed by atoms with Gasteiger partial charge >= 0.3 is 0 Å². The normalized spacial score (nSPS) is 23.6. The maximum absolute atomic E-state index is 3.78. The molecule has 1 heterocycles. The molecule has 1 N–H and O–H groups in total. The Kier molecular flexibility index (Phi) is 3.91. The van der Waals surface area contributed by atoms with Crippen LogP contribution in [0, 0.1) is 3.57 Å². The predicted molar refractivity (Wildman–Crippen MR) is 83.6 cm³/mol. The smallest absolute Gasteiger partial charge is 0.0309 e. The lowest BCUT2D eigenvalue weighted by Crippen LogP contribution is -2.58. The number of hydrogen-bond acceptors (Lipinski definition) is 2. The Morgan fingerprint density at radius 1 is 1.17 bits per heavy atom. The standard InChI is InChI=1S/C15H21IN2/c16-14-5-3-13(4-6-14)11-18-10-9-17-15(12-18)7-1-2-8-15/h3-6,17H,1-2,7-12H2.